The molecule has 410 valence electrons. The van der Waals surface area contributed by atoms with Crippen LogP contribution in [0.15, 0.2) is 183 Å². The summed E-state index contributed by atoms with van der Waals surface area (Å²) in [6, 6.07) is 51.8. The van der Waals surface area contributed by atoms with Crippen molar-refractivity contribution in [1.82, 2.24) is 0 Å². The van der Waals surface area contributed by atoms with E-state index in [9.17, 15) is 0 Å². The second kappa shape index (κ2) is 27.6. The van der Waals surface area contributed by atoms with Gasteiger partial charge in [0.15, 0.2) is 31.0 Å². The predicted octanol–water partition coefficient (Wildman–Crippen LogP) is 15.5. The van der Waals surface area contributed by atoms with Crippen molar-refractivity contribution in [2.75, 3.05) is 0 Å². The number of hydrogen-bond donors (Lipinski definition) is 0. The Kier molecular flexibility index (Phi) is 18.1. The zero-order valence-corrected chi connectivity index (χ0v) is 51.1. The van der Waals surface area contributed by atoms with E-state index in [-0.39, 0.29) is 0 Å². The van der Waals surface area contributed by atoms with Crippen LogP contribution in [0.3, 0.4) is 0 Å². The van der Waals surface area contributed by atoms with Crippen molar-refractivity contribution in [3.63, 3.8) is 0 Å². The Bertz CT molecular complexity index is 3870. The lowest BCUT2D eigenvalue weighted by Crippen LogP contribution is -2.30. The van der Waals surface area contributed by atoms with E-state index in [2.05, 4.69) is 207 Å². The predicted molar refractivity (Wildman–Crippen MR) is 336 cm³/mol. The fraction of sp³-hybridized carbons (Fsp3) is 0.267. The SMILES string of the molecule is Cc1cc(C)c(-c2cccc[n+]2C)cc1C.Cc1cc(C)c(C)c(-c2cccc[n+]2C)c1.Cc1cc(C)c(C)c(-c2cccc[n+]2C)c1.[2H]C([2H])([2H])c1cc(C)c(-c2cccc[n+]2C)cc1C.[2H]C([2H])([2H])c1ccc(-c2cccc[n+]2C)c(C)c1C. The number of hydrogen-bond acceptors (Lipinski definition) is 0. The van der Waals surface area contributed by atoms with Crippen molar-refractivity contribution >= 4 is 0 Å². The molecule has 0 saturated heterocycles. The van der Waals surface area contributed by atoms with Gasteiger partial charge in [0.05, 0.1) is 0 Å². The van der Waals surface area contributed by atoms with Gasteiger partial charge >= 0.3 is 0 Å². The Morgan fingerprint density at radius 1 is 0.237 bits per heavy atom. The van der Waals surface area contributed by atoms with Gasteiger partial charge in [-0.05, 0) is 237 Å². The Balaban J connectivity index is 0.000000172. The topological polar surface area (TPSA) is 19.4 Å². The van der Waals surface area contributed by atoms with E-state index < -0.39 is 13.7 Å². The average molecular weight is 1070 g/mol. The molecule has 5 heterocycles. The minimum Gasteiger partial charge on any atom is -0.201 e. The molecule has 5 nitrogen and oxygen atoms in total. The van der Waals surface area contributed by atoms with E-state index in [1.807, 2.05) is 112 Å². The third-order valence-electron chi connectivity index (χ3n) is 15.5. The van der Waals surface area contributed by atoms with Gasteiger partial charge < -0.3 is 0 Å². The Morgan fingerprint density at radius 3 is 0.900 bits per heavy atom. The van der Waals surface area contributed by atoms with Crippen LogP contribution in [0.1, 0.15) is 91.7 Å². The van der Waals surface area contributed by atoms with Crippen LogP contribution in [-0.2, 0) is 35.2 Å². The molecule has 5 aromatic carbocycles. The highest BCUT2D eigenvalue weighted by molar-refractivity contribution is 5.67. The van der Waals surface area contributed by atoms with Crippen LogP contribution in [0.4, 0.5) is 0 Å². The van der Waals surface area contributed by atoms with E-state index >= 15 is 0 Å². The summed E-state index contributed by atoms with van der Waals surface area (Å²) in [6.07, 6.45) is 10.2. The summed E-state index contributed by atoms with van der Waals surface area (Å²) in [7, 11) is 10.2. The Morgan fingerprint density at radius 2 is 0.550 bits per heavy atom. The molecule has 0 radical (unpaired) electrons. The van der Waals surface area contributed by atoms with Crippen LogP contribution in [0.25, 0.3) is 56.3 Å². The molecule has 0 bridgehead atoms. The molecule has 0 atom stereocenters. The van der Waals surface area contributed by atoms with E-state index in [1.165, 1.54) is 83.8 Å². The molecular formula is C75H90N5+5. The monoisotopic (exact) mass is 1070 g/mol. The fourth-order valence-electron chi connectivity index (χ4n) is 10.1. The van der Waals surface area contributed by atoms with Crippen molar-refractivity contribution in [3.05, 3.63) is 266 Å². The summed E-state index contributed by atoms with van der Waals surface area (Å²) < 4.78 is 55.9. The van der Waals surface area contributed by atoms with Crippen LogP contribution in [0.2, 0.25) is 0 Å². The van der Waals surface area contributed by atoms with Crippen molar-refractivity contribution in [2.45, 2.75) is 104 Å². The third kappa shape index (κ3) is 15.1. The summed E-state index contributed by atoms with van der Waals surface area (Å²) in [4.78, 5) is 0. The summed E-state index contributed by atoms with van der Waals surface area (Å²) in [6.45, 7) is 23.1. The number of aryl methyl sites for hydroxylation is 16. The maximum absolute atomic E-state index is 7.56. The van der Waals surface area contributed by atoms with Crippen molar-refractivity contribution in [3.8, 4) is 56.3 Å². The molecule has 10 rings (SSSR count). The van der Waals surface area contributed by atoms with Crippen LogP contribution < -0.4 is 22.8 Å². The molecule has 5 heteroatoms. The molecule has 0 saturated carbocycles. The van der Waals surface area contributed by atoms with Crippen LogP contribution >= 0.6 is 0 Å². The van der Waals surface area contributed by atoms with Gasteiger partial charge in [-0.25, -0.2) is 22.8 Å². The van der Waals surface area contributed by atoms with Crippen molar-refractivity contribution in [2.24, 2.45) is 35.2 Å². The zero-order valence-electron chi connectivity index (χ0n) is 57.1. The Hall–Kier alpha value is -8.15. The average Bonchev–Trinajstić information content (AvgIpc) is 1.17. The first-order chi connectivity index (χ1) is 40.4. The van der Waals surface area contributed by atoms with Crippen LogP contribution in [0.5, 0.6) is 0 Å². The number of aromatic nitrogens is 5. The highest BCUT2D eigenvalue weighted by atomic mass is 14.9. The molecule has 0 aliphatic rings. The summed E-state index contributed by atoms with van der Waals surface area (Å²) in [5.41, 5.74) is 28.8. The van der Waals surface area contributed by atoms with Crippen molar-refractivity contribution < 1.29 is 31.1 Å². The summed E-state index contributed by atoms with van der Waals surface area (Å²) in [5.74, 6) is 0. The minimum atomic E-state index is -2.05. The van der Waals surface area contributed by atoms with E-state index in [0.29, 0.717) is 11.1 Å². The Labute approximate surface area is 490 Å². The van der Waals surface area contributed by atoms with Gasteiger partial charge in [-0.1, -0.05) is 41.5 Å². The van der Waals surface area contributed by atoms with Crippen LogP contribution in [0, 0.1) is 104 Å². The summed E-state index contributed by atoms with van der Waals surface area (Å²) in [5, 5.41) is 0. The van der Waals surface area contributed by atoms with E-state index in [4.69, 9.17) is 8.22 Å². The first kappa shape index (κ1) is 52.5. The highest BCUT2D eigenvalue weighted by Gasteiger charge is 2.17. The van der Waals surface area contributed by atoms with Gasteiger partial charge in [-0.15, -0.1) is 0 Å². The second-order valence-electron chi connectivity index (χ2n) is 21.6. The van der Waals surface area contributed by atoms with Gasteiger partial charge in [-0.2, -0.15) is 0 Å². The fourth-order valence-corrected chi connectivity index (χ4v) is 10.1. The molecule has 0 aliphatic carbocycles. The molecular weight excluding hydrogens is 971 g/mol. The standard InChI is InChI=1S/5C15H18N/c1-11-8-9-14(13(3)12(11)2)15-7-5-6-10-16(15)4;2*1-11-9-13(3)14(10-12(11)2)15-7-5-6-8-16(15)4;2*1-11-9-12(2)13(3)14(10-11)15-7-5-6-8-16(15)4/h5*5-10H,1-4H3/q5*+1/i2*1D3;;;. The maximum atomic E-state index is 7.56. The molecule has 0 spiro atoms. The maximum Gasteiger partial charge on any atom is 0.212 e. The first-order valence-corrected chi connectivity index (χ1v) is 27.6. The quantitative estimate of drug-likeness (QED) is 0.153. The lowest BCUT2D eigenvalue weighted by molar-refractivity contribution is -0.660. The van der Waals surface area contributed by atoms with E-state index in [1.54, 1.807) is 12.1 Å². The van der Waals surface area contributed by atoms with Crippen molar-refractivity contribution in [1.29, 1.82) is 0 Å². The molecule has 0 fully saturated rings. The molecule has 0 N–H and O–H groups in total. The van der Waals surface area contributed by atoms with Crippen LogP contribution in [-0.4, -0.2) is 0 Å². The molecule has 10 aromatic rings. The second-order valence-corrected chi connectivity index (χ2v) is 21.6. The number of pyridine rings is 5. The third-order valence-corrected chi connectivity index (χ3v) is 15.5. The van der Waals surface area contributed by atoms with E-state index in [0.717, 1.165) is 44.8 Å². The largest absolute Gasteiger partial charge is 0.212 e. The van der Waals surface area contributed by atoms with Gasteiger partial charge in [0.2, 0.25) is 28.5 Å². The first-order valence-electron chi connectivity index (χ1n) is 30.6. The van der Waals surface area contributed by atoms with Gasteiger partial charge in [0.25, 0.3) is 0 Å². The smallest absolute Gasteiger partial charge is 0.201 e. The lowest BCUT2D eigenvalue weighted by Gasteiger charge is -2.09. The van der Waals surface area contributed by atoms with Gasteiger partial charge in [0, 0.05) is 96.7 Å². The number of rotatable bonds is 5. The normalized spacial score (nSPS) is 11.9. The molecule has 80 heavy (non-hydrogen) atoms. The summed E-state index contributed by atoms with van der Waals surface area (Å²) >= 11 is 0. The molecule has 0 amide bonds. The molecule has 5 aromatic heterocycles. The molecule has 0 unspecified atom stereocenters. The highest BCUT2D eigenvalue weighted by Crippen LogP contribution is 2.28. The van der Waals surface area contributed by atoms with Gasteiger partial charge in [0.1, 0.15) is 35.2 Å². The molecule has 0 aliphatic heterocycles. The van der Waals surface area contributed by atoms with Gasteiger partial charge in [-0.3, -0.25) is 0 Å². The lowest BCUT2D eigenvalue weighted by atomic mass is 9.96. The number of nitrogens with zero attached hydrogens (tertiary/aromatic N) is 5. The number of benzene rings is 5. The minimum absolute atomic E-state index is 0.437. The zero-order chi connectivity index (χ0) is 63.5.